The topological polar surface area (TPSA) is 78.9 Å². The van der Waals surface area contributed by atoms with Crippen molar-refractivity contribution in [3.8, 4) is 28.6 Å². The molecule has 4 aromatic rings. The molecule has 0 unspecified atom stereocenters. The molecule has 150 valence electrons. The maximum absolute atomic E-state index is 11.5. The third-order valence-electron chi connectivity index (χ3n) is 4.49. The zero-order valence-corrected chi connectivity index (χ0v) is 16.5. The average Bonchev–Trinajstić information content (AvgIpc) is 3.23. The molecule has 0 atom stereocenters. The summed E-state index contributed by atoms with van der Waals surface area (Å²) in [5, 5.41) is 4.58. The molecule has 0 bridgehead atoms. The Morgan fingerprint density at radius 2 is 1.53 bits per heavy atom. The van der Waals surface area contributed by atoms with Crippen LogP contribution in [0.5, 0.6) is 11.5 Å². The van der Waals surface area contributed by atoms with Gasteiger partial charge in [0, 0.05) is 11.1 Å². The van der Waals surface area contributed by atoms with Gasteiger partial charge in [-0.3, -0.25) is 4.79 Å². The second-order valence-electron chi connectivity index (χ2n) is 6.31. The number of hydrogen-bond donors (Lipinski definition) is 0. The average molecular weight is 401 g/mol. The lowest BCUT2D eigenvalue weighted by Crippen LogP contribution is -2.15. The predicted molar refractivity (Wildman–Crippen MR) is 111 cm³/mol. The normalized spacial score (nSPS) is 11.3. The first-order chi connectivity index (χ1) is 14.7. The molecule has 4 rings (SSSR count). The van der Waals surface area contributed by atoms with E-state index in [4.69, 9.17) is 13.9 Å². The van der Waals surface area contributed by atoms with Crippen molar-refractivity contribution in [2.24, 2.45) is 4.99 Å². The Kier molecular flexibility index (Phi) is 5.43. The molecule has 0 radical (unpaired) electrons. The van der Waals surface area contributed by atoms with Gasteiger partial charge in [0.2, 0.25) is 5.89 Å². The molecule has 0 saturated carbocycles. The van der Waals surface area contributed by atoms with Gasteiger partial charge in [0.15, 0.2) is 6.29 Å². The largest absolute Gasteiger partial charge is 0.497 e. The van der Waals surface area contributed by atoms with Crippen LogP contribution < -0.4 is 15.2 Å². The van der Waals surface area contributed by atoms with Crippen LogP contribution in [0.15, 0.2) is 82.2 Å². The Bertz CT molecular complexity index is 1220. The van der Waals surface area contributed by atoms with E-state index in [0.717, 1.165) is 23.5 Å². The second kappa shape index (κ2) is 8.48. The first-order valence-electron chi connectivity index (χ1n) is 9.20. The summed E-state index contributed by atoms with van der Waals surface area (Å²) >= 11 is 0. The van der Waals surface area contributed by atoms with Gasteiger partial charge in [0.25, 0.3) is 0 Å². The van der Waals surface area contributed by atoms with E-state index in [9.17, 15) is 4.79 Å². The monoisotopic (exact) mass is 401 g/mol. The van der Waals surface area contributed by atoms with E-state index in [-0.39, 0.29) is 5.68 Å². The minimum Gasteiger partial charge on any atom is -0.497 e. The van der Waals surface area contributed by atoms with Gasteiger partial charge < -0.3 is 13.9 Å². The summed E-state index contributed by atoms with van der Waals surface area (Å²) in [5.74, 6) is 1.75. The molecule has 1 aromatic heterocycles. The van der Waals surface area contributed by atoms with E-state index >= 15 is 0 Å². The van der Waals surface area contributed by atoms with Crippen LogP contribution in [-0.2, 0) is 0 Å². The van der Waals surface area contributed by atoms with Gasteiger partial charge in [-0.1, -0.05) is 18.2 Å². The first kappa shape index (κ1) is 19.2. The highest BCUT2D eigenvalue weighted by atomic mass is 16.5. The number of carbonyl (C=O) groups excluding carboxylic acids is 1. The van der Waals surface area contributed by atoms with Crippen molar-refractivity contribution in [3.05, 3.63) is 84.0 Å². The van der Waals surface area contributed by atoms with Crippen LogP contribution in [0.25, 0.3) is 17.1 Å². The maximum Gasteiger partial charge on any atom is 0.325 e. The third-order valence-corrected chi connectivity index (χ3v) is 4.49. The second-order valence-corrected chi connectivity index (χ2v) is 6.31. The van der Waals surface area contributed by atoms with Crippen molar-refractivity contribution in [1.29, 1.82) is 0 Å². The van der Waals surface area contributed by atoms with Crippen molar-refractivity contribution >= 4 is 12.0 Å². The predicted octanol–water partition coefficient (Wildman–Crippen LogP) is 4.19. The number of rotatable bonds is 6. The van der Waals surface area contributed by atoms with Gasteiger partial charge in [-0.25, -0.2) is 0 Å². The van der Waals surface area contributed by atoms with E-state index in [0.29, 0.717) is 22.7 Å². The molecule has 0 saturated heterocycles. The Labute approximate surface area is 172 Å². The maximum atomic E-state index is 11.5. The Morgan fingerprint density at radius 1 is 0.900 bits per heavy atom. The molecular weight excluding hydrogens is 382 g/mol. The number of nitrogens with zero attached hydrogens (tertiary/aromatic N) is 3. The number of ether oxygens (including phenoxy) is 2. The summed E-state index contributed by atoms with van der Waals surface area (Å²) in [6, 6.07) is 21.7. The summed E-state index contributed by atoms with van der Waals surface area (Å²) in [4.78, 5) is 16.1. The number of aromatic nitrogens is 2. The third kappa shape index (κ3) is 3.86. The summed E-state index contributed by atoms with van der Waals surface area (Å²) in [6.45, 7) is 0. The fourth-order valence-electron chi connectivity index (χ4n) is 2.92. The molecule has 3 aromatic carbocycles. The minimum absolute atomic E-state index is 0.265. The van der Waals surface area contributed by atoms with Crippen molar-refractivity contribution in [2.45, 2.75) is 0 Å². The van der Waals surface area contributed by atoms with Crippen molar-refractivity contribution in [3.63, 3.8) is 0 Å². The van der Waals surface area contributed by atoms with Gasteiger partial charge >= 0.3 is 5.68 Å². The molecule has 1 heterocycles. The number of methoxy groups -OCH3 is 2. The lowest BCUT2D eigenvalue weighted by atomic mass is 10.1. The van der Waals surface area contributed by atoms with E-state index in [1.807, 2.05) is 54.6 Å². The van der Waals surface area contributed by atoms with Crippen LogP contribution >= 0.6 is 0 Å². The summed E-state index contributed by atoms with van der Waals surface area (Å²) in [5.41, 5.74) is 2.75. The van der Waals surface area contributed by atoms with E-state index in [2.05, 4.69) is 10.1 Å². The van der Waals surface area contributed by atoms with E-state index in [1.54, 1.807) is 37.1 Å². The standard InChI is InChI=1S/C23H19N3O4/c1-28-19-11-7-17(8-12-19)24-23-26(18-9-13-20(29-2)14-10-18)25-22(30-23)21-6-4-3-5-16(21)15-27/h3-15H,1-2H3. The van der Waals surface area contributed by atoms with E-state index < -0.39 is 0 Å². The summed E-state index contributed by atoms with van der Waals surface area (Å²) in [7, 11) is 3.22. The van der Waals surface area contributed by atoms with Crippen LogP contribution in [0.3, 0.4) is 0 Å². The van der Waals surface area contributed by atoms with Gasteiger partial charge in [-0.05, 0) is 54.6 Å². The fraction of sp³-hybridized carbons (Fsp3) is 0.0870. The van der Waals surface area contributed by atoms with Crippen molar-refractivity contribution in [2.75, 3.05) is 14.2 Å². The van der Waals surface area contributed by atoms with Crippen molar-refractivity contribution in [1.82, 2.24) is 9.78 Å². The smallest absolute Gasteiger partial charge is 0.325 e. The summed E-state index contributed by atoms with van der Waals surface area (Å²) < 4.78 is 18.0. The lowest BCUT2D eigenvalue weighted by Gasteiger charge is -2.02. The highest BCUT2D eigenvalue weighted by Gasteiger charge is 2.14. The van der Waals surface area contributed by atoms with Crippen LogP contribution in [0, 0.1) is 0 Å². The molecule has 0 aliphatic heterocycles. The van der Waals surface area contributed by atoms with Gasteiger partial charge in [-0.15, -0.1) is 5.10 Å². The summed E-state index contributed by atoms with van der Waals surface area (Å²) in [6.07, 6.45) is 0.775. The molecule has 7 nitrogen and oxygen atoms in total. The number of carbonyl (C=O) groups is 1. The van der Waals surface area contributed by atoms with Crippen LogP contribution in [0.1, 0.15) is 10.4 Å². The van der Waals surface area contributed by atoms with Crippen LogP contribution in [-0.4, -0.2) is 30.3 Å². The molecular formula is C23H19N3O4. The zero-order valence-electron chi connectivity index (χ0n) is 16.5. The van der Waals surface area contributed by atoms with Gasteiger partial charge in [0.1, 0.15) is 11.5 Å². The van der Waals surface area contributed by atoms with Crippen molar-refractivity contribution < 1.29 is 18.7 Å². The molecule has 0 aliphatic carbocycles. The lowest BCUT2D eigenvalue weighted by molar-refractivity contribution is 0.112. The highest BCUT2D eigenvalue weighted by Crippen LogP contribution is 2.22. The number of aldehydes is 1. The first-order valence-corrected chi connectivity index (χ1v) is 9.20. The molecule has 0 amide bonds. The minimum atomic E-state index is 0.265. The highest BCUT2D eigenvalue weighted by molar-refractivity contribution is 5.85. The molecule has 0 aliphatic rings. The molecule has 0 fully saturated rings. The Morgan fingerprint density at radius 3 is 2.17 bits per heavy atom. The number of benzene rings is 3. The quantitative estimate of drug-likeness (QED) is 0.453. The molecule has 0 spiro atoms. The molecule has 7 heteroatoms. The Hall–Kier alpha value is -4.13. The fourth-order valence-corrected chi connectivity index (χ4v) is 2.92. The Balaban J connectivity index is 1.88. The van der Waals surface area contributed by atoms with Gasteiger partial charge in [0.05, 0.1) is 25.6 Å². The van der Waals surface area contributed by atoms with E-state index in [1.165, 1.54) is 0 Å². The zero-order chi connectivity index (χ0) is 20.9. The number of hydrogen-bond acceptors (Lipinski definition) is 6. The van der Waals surface area contributed by atoms with Gasteiger partial charge in [-0.2, -0.15) is 9.67 Å². The SMILES string of the molecule is COc1ccc(N=c2oc(-c3ccccc3C=O)nn2-c2ccc(OC)cc2)cc1. The molecule has 0 N–H and O–H groups in total. The van der Waals surface area contributed by atoms with Crippen LogP contribution in [0.4, 0.5) is 5.69 Å². The molecule has 30 heavy (non-hydrogen) atoms. The van der Waals surface area contributed by atoms with Crippen LogP contribution in [0.2, 0.25) is 0 Å².